The van der Waals surface area contributed by atoms with Crippen LogP contribution in [0.5, 0.6) is 0 Å². The zero-order valence-corrected chi connectivity index (χ0v) is 20.4. The van der Waals surface area contributed by atoms with Crippen LogP contribution in [0.4, 0.5) is 11.6 Å². The van der Waals surface area contributed by atoms with Gasteiger partial charge in [0, 0.05) is 41.4 Å². The van der Waals surface area contributed by atoms with Crippen LogP contribution >= 0.6 is 11.6 Å². The highest BCUT2D eigenvalue weighted by atomic mass is 35.5. The van der Waals surface area contributed by atoms with E-state index in [4.69, 9.17) is 11.6 Å². The second-order valence-electron chi connectivity index (χ2n) is 8.57. The SMILES string of the molecule is O=c1c2cnc(Nc3ccc(-c4ccc5cccnc5n4)cc3)nc2n2ccnc2n1-c1ccccc1Cl. The molecule has 0 radical (unpaired) electrons. The summed E-state index contributed by atoms with van der Waals surface area (Å²) < 4.78 is 3.21. The summed E-state index contributed by atoms with van der Waals surface area (Å²) in [5.41, 5.74) is 3.96. The van der Waals surface area contributed by atoms with Crippen molar-refractivity contribution in [3.05, 3.63) is 113 Å². The maximum Gasteiger partial charge on any atom is 0.270 e. The minimum atomic E-state index is -0.305. The number of imidazole rings is 1. The lowest BCUT2D eigenvalue weighted by molar-refractivity contribution is 0.961. The molecule has 0 atom stereocenters. The Morgan fingerprint density at radius 1 is 0.816 bits per heavy atom. The second kappa shape index (κ2) is 8.75. The number of hydrogen-bond acceptors (Lipinski definition) is 7. The first-order valence-electron chi connectivity index (χ1n) is 11.7. The Bertz CT molecular complexity index is 2050. The Morgan fingerprint density at radius 2 is 1.68 bits per heavy atom. The van der Waals surface area contributed by atoms with Crippen molar-refractivity contribution < 1.29 is 0 Å². The van der Waals surface area contributed by atoms with Crippen LogP contribution in [0, 0.1) is 0 Å². The number of rotatable bonds is 4. The number of halogens is 1. The highest BCUT2D eigenvalue weighted by Crippen LogP contribution is 2.25. The Labute approximate surface area is 220 Å². The molecule has 10 heteroatoms. The summed E-state index contributed by atoms with van der Waals surface area (Å²) in [7, 11) is 0. The summed E-state index contributed by atoms with van der Waals surface area (Å²) in [5.74, 6) is 0.755. The van der Waals surface area contributed by atoms with E-state index in [0.717, 1.165) is 22.3 Å². The van der Waals surface area contributed by atoms with Gasteiger partial charge in [-0.1, -0.05) is 35.9 Å². The summed E-state index contributed by atoms with van der Waals surface area (Å²) in [5, 5.41) is 4.99. The minimum absolute atomic E-state index is 0.305. The molecule has 182 valence electrons. The molecule has 0 aliphatic rings. The van der Waals surface area contributed by atoms with Crippen LogP contribution in [0.2, 0.25) is 5.02 Å². The summed E-state index contributed by atoms with van der Waals surface area (Å²) in [6.45, 7) is 0. The van der Waals surface area contributed by atoms with Gasteiger partial charge in [0.15, 0.2) is 11.3 Å². The smallest absolute Gasteiger partial charge is 0.270 e. The summed E-state index contributed by atoms with van der Waals surface area (Å²) >= 11 is 6.40. The minimum Gasteiger partial charge on any atom is -0.324 e. The molecule has 5 heterocycles. The van der Waals surface area contributed by atoms with Crippen molar-refractivity contribution in [1.29, 1.82) is 0 Å². The number of aromatic nitrogens is 7. The molecule has 2 aromatic carbocycles. The molecule has 7 aromatic rings. The topological polar surface area (TPSA) is 103 Å². The van der Waals surface area contributed by atoms with Crippen molar-refractivity contribution in [1.82, 2.24) is 33.9 Å². The Morgan fingerprint density at radius 3 is 2.55 bits per heavy atom. The van der Waals surface area contributed by atoms with Crippen molar-refractivity contribution >= 4 is 51.1 Å². The van der Waals surface area contributed by atoms with Gasteiger partial charge in [0.05, 0.1) is 16.4 Å². The summed E-state index contributed by atoms with van der Waals surface area (Å²) in [4.78, 5) is 35.9. The number of nitrogens with one attached hydrogen (secondary N) is 1. The molecule has 5 aromatic heterocycles. The third-order valence-electron chi connectivity index (χ3n) is 6.25. The average molecular weight is 517 g/mol. The van der Waals surface area contributed by atoms with Gasteiger partial charge in [0.2, 0.25) is 11.7 Å². The largest absolute Gasteiger partial charge is 0.324 e. The first-order chi connectivity index (χ1) is 18.7. The van der Waals surface area contributed by atoms with E-state index >= 15 is 0 Å². The van der Waals surface area contributed by atoms with Crippen LogP contribution in [0.15, 0.2) is 102 Å². The monoisotopic (exact) mass is 516 g/mol. The standard InChI is InChI=1S/C28H17ClN8O/c29-21-5-1-2-6-23(21)37-26(38)20-16-32-27(35-25(20)36-15-14-31-28(36)37)33-19-10-7-17(8-11-19)22-12-9-18-4-3-13-30-24(18)34-22/h1-16H,(H,32,33,35). The summed E-state index contributed by atoms with van der Waals surface area (Å²) in [6, 6.07) is 22.8. The molecule has 0 spiro atoms. The lowest BCUT2D eigenvalue weighted by Crippen LogP contribution is -2.22. The Balaban J connectivity index is 1.24. The molecule has 0 fully saturated rings. The van der Waals surface area contributed by atoms with E-state index in [1.807, 2.05) is 60.7 Å². The van der Waals surface area contributed by atoms with E-state index in [2.05, 4.69) is 30.2 Å². The predicted octanol–water partition coefficient (Wildman–Crippen LogP) is 5.44. The number of para-hydroxylation sites is 1. The fourth-order valence-electron chi connectivity index (χ4n) is 4.42. The molecule has 7 rings (SSSR count). The Kier molecular flexibility index (Phi) is 5.09. The molecule has 9 nitrogen and oxygen atoms in total. The van der Waals surface area contributed by atoms with Gasteiger partial charge in [-0.25, -0.2) is 24.5 Å². The van der Waals surface area contributed by atoms with Crippen LogP contribution in [0.1, 0.15) is 0 Å². The first kappa shape index (κ1) is 22.1. The van der Waals surface area contributed by atoms with Gasteiger partial charge in [-0.15, -0.1) is 0 Å². The number of benzene rings is 2. The Hall–Kier alpha value is -5.15. The van der Waals surface area contributed by atoms with Crippen molar-refractivity contribution in [2.24, 2.45) is 0 Å². The molecular formula is C28H17ClN8O. The summed E-state index contributed by atoms with van der Waals surface area (Å²) in [6.07, 6.45) is 6.62. The first-order valence-corrected chi connectivity index (χ1v) is 12.1. The molecule has 0 amide bonds. The van der Waals surface area contributed by atoms with E-state index in [-0.39, 0.29) is 5.56 Å². The molecule has 0 aliphatic carbocycles. The van der Waals surface area contributed by atoms with Crippen LogP contribution in [-0.4, -0.2) is 33.9 Å². The van der Waals surface area contributed by atoms with Crippen molar-refractivity contribution in [3.8, 4) is 16.9 Å². The second-order valence-corrected chi connectivity index (χ2v) is 8.98. The highest BCUT2D eigenvalue weighted by Gasteiger charge is 2.17. The fourth-order valence-corrected chi connectivity index (χ4v) is 4.64. The third kappa shape index (κ3) is 3.64. The highest BCUT2D eigenvalue weighted by molar-refractivity contribution is 6.32. The number of pyridine rings is 2. The molecule has 0 unspecified atom stereocenters. The van der Waals surface area contributed by atoms with Gasteiger partial charge in [0.1, 0.15) is 5.39 Å². The number of hydrogen-bond donors (Lipinski definition) is 1. The van der Waals surface area contributed by atoms with E-state index < -0.39 is 0 Å². The fraction of sp³-hybridized carbons (Fsp3) is 0. The van der Waals surface area contributed by atoms with Crippen LogP contribution in [0.25, 0.3) is 44.8 Å². The maximum atomic E-state index is 13.5. The molecule has 38 heavy (non-hydrogen) atoms. The molecule has 0 saturated heterocycles. The van der Waals surface area contributed by atoms with Gasteiger partial charge in [-0.2, -0.15) is 4.98 Å². The van der Waals surface area contributed by atoms with Crippen LogP contribution in [0.3, 0.4) is 0 Å². The normalized spacial score (nSPS) is 11.4. The zero-order chi connectivity index (χ0) is 25.6. The van der Waals surface area contributed by atoms with Crippen molar-refractivity contribution in [2.75, 3.05) is 5.32 Å². The molecular weight excluding hydrogens is 500 g/mol. The van der Waals surface area contributed by atoms with Crippen LogP contribution < -0.4 is 10.9 Å². The zero-order valence-electron chi connectivity index (χ0n) is 19.7. The lowest BCUT2D eigenvalue weighted by atomic mass is 10.1. The van der Waals surface area contributed by atoms with E-state index in [1.165, 1.54) is 10.8 Å². The van der Waals surface area contributed by atoms with E-state index in [9.17, 15) is 4.79 Å². The number of fused-ring (bicyclic) bond motifs is 4. The lowest BCUT2D eigenvalue weighted by Gasteiger charge is -2.12. The predicted molar refractivity (Wildman–Crippen MR) is 147 cm³/mol. The molecule has 0 aliphatic heterocycles. The molecule has 0 bridgehead atoms. The van der Waals surface area contributed by atoms with E-state index in [1.54, 1.807) is 35.1 Å². The molecule has 1 N–H and O–H groups in total. The number of nitrogens with zero attached hydrogens (tertiary/aromatic N) is 7. The van der Waals surface area contributed by atoms with Gasteiger partial charge >= 0.3 is 0 Å². The van der Waals surface area contributed by atoms with E-state index in [0.29, 0.717) is 39.1 Å². The van der Waals surface area contributed by atoms with Crippen molar-refractivity contribution in [2.45, 2.75) is 0 Å². The van der Waals surface area contributed by atoms with Gasteiger partial charge in [-0.3, -0.25) is 9.20 Å². The van der Waals surface area contributed by atoms with Crippen LogP contribution in [-0.2, 0) is 0 Å². The average Bonchev–Trinajstić information content (AvgIpc) is 3.44. The van der Waals surface area contributed by atoms with Crippen molar-refractivity contribution in [3.63, 3.8) is 0 Å². The quantitative estimate of drug-likeness (QED) is 0.332. The van der Waals surface area contributed by atoms with Gasteiger partial charge in [0.25, 0.3) is 5.56 Å². The maximum absolute atomic E-state index is 13.5. The van der Waals surface area contributed by atoms with Gasteiger partial charge < -0.3 is 5.32 Å². The number of anilines is 2. The third-order valence-corrected chi connectivity index (χ3v) is 6.57. The van der Waals surface area contributed by atoms with Gasteiger partial charge in [-0.05, 0) is 48.5 Å². The molecule has 0 saturated carbocycles.